The lowest BCUT2D eigenvalue weighted by molar-refractivity contribution is 0.396. The van der Waals surface area contributed by atoms with Gasteiger partial charge in [0.25, 0.3) is 0 Å². The Hall–Kier alpha value is -0.960. The Balaban J connectivity index is 1.98. The van der Waals surface area contributed by atoms with Crippen LogP contribution >= 0.6 is 0 Å². The summed E-state index contributed by atoms with van der Waals surface area (Å²) in [5, 5.41) is 3.45. The van der Waals surface area contributed by atoms with Gasteiger partial charge >= 0.3 is 0 Å². The maximum Gasteiger partial charge on any atom is 0.130 e. The number of rotatable bonds is 6. The minimum atomic E-state index is -0.520. The van der Waals surface area contributed by atoms with E-state index >= 15 is 0 Å². The molecule has 0 spiro atoms. The van der Waals surface area contributed by atoms with Crippen molar-refractivity contribution in [3.05, 3.63) is 35.4 Å². The Morgan fingerprint density at radius 1 is 1.33 bits per heavy atom. The van der Waals surface area contributed by atoms with Gasteiger partial charge < -0.3 is 5.32 Å². The molecule has 0 heterocycles. The molecule has 0 amide bonds. The van der Waals surface area contributed by atoms with Crippen molar-refractivity contribution in [2.45, 2.75) is 51.6 Å². The van der Waals surface area contributed by atoms with Crippen LogP contribution in [0.5, 0.6) is 0 Å². The van der Waals surface area contributed by atoms with Gasteiger partial charge in [-0.1, -0.05) is 25.8 Å². The van der Waals surface area contributed by atoms with Crippen LogP contribution in [0.15, 0.2) is 18.2 Å². The summed E-state index contributed by atoms with van der Waals surface area (Å²) in [5.74, 6) is -0.127. The fourth-order valence-corrected chi connectivity index (χ4v) is 2.40. The molecule has 1 N–H and O–H groups in total. The Morgan fingerprint density at radius 3 is 2.61 bits per heavy atom. The summed E-state index contributed by atoms with van der Waals surface area (Å²) in [6.07, 6.45) is 4.88. The molecule has 2 atom stereocenters. The van der Waals surface area contributed by atoms with Gasteiger partial charge in [0.15, 0.2) is 0 Å². The van der Waals surface area contributed by atoms with Crippen LogP contribution in [0.25, 0.3) is 0 Å². The third-order valence-electron chi connectivity index (χ3n) is 3.72. The number of halogens is 2. The molecule has 1 aromatic rings. The van der Waals surface area contributed by atoms with E-state index in [4.69, 9.17) is 0 Å². The van der Waals surface area contributed by atoms with Crippen LogP contribution < -0.4 is 5.32 Å². The SMILES string of the molecule is CCC(CC1CC1)NC(C)c1ccc(F)cc1F. The Bertz CT molecular complexity index is 401. The van der Waals surface area contributed by atoms with Gasteiger partial charge in [-0.3, -0.25) is 0 Å². The molecule has 1 aliphatic carbocycles. The highest BCUT2D eigenvalue weighted by Gasteiger charge is 2.25. The second kappa shape index (κ2) is 5.79. The van der Waals surface area contributed by atoms with Crippen molar-refractivity contribution in [3.63, 3.8) is 0 Å². The normalized spacial score (nSPS) is 18.7. The van der Waals surface area contributed by atoms with Gasteiger partial charge in [0.1, 0.15) is 11.6 Å². The van der Waals surface area contributed by atoms with E-state index in [0.717, 1.165) is 18.4 Å². The molecule has 0 aliphatic heterocycles. The van der Waals surface area contributed by atoms with Crippen molar-refractivity contribution in [3.8, 4) is 0 Å². The Labute approximate surface area is 108 Å². The lowest BCUT2D eigenvalue weighted by atomic mass is 10.0. The molecule has 0 saturated heterocycles. The van der Waals surface area contributed by atoms with Crippen LogP contribution in [0, 0.1) is 17.6 Å². The highest BCUT2D eigenvalue weighted by atomic mass is 19.1. The van der Waals surface area contributed by atoms with E-state index < -0.39 is 11.6 Å². The summed E-state index contributed by atoms with van der Waals surface area (Å²) in [6, 6.07) is 4.16. The summed E-state index contributed by atoms with van der Waals surface area (Å²) in [7, 11) is 0. The second-order valence-corrected chi connectivity index (χ2v) is 5.34. The van der Waals surface area contributed by atoms with Gasteiger partial charge in [0.2, 0.25) is 0 Å². The molecule has 0 bridgehead atoms. The lowest BCUT2D eigenvalue weighted by Gasteiger charge is -2.23. The first-order valence-electron chi connectivity index (χ1n) is 6.81. The summed E-state index contributed by atoms with van der Waals surface area (Å²) >= 11 is 0. The highest BCUT2D eigenvalue weighted by Crippen LogP contribution is 2.34. The van der Waals surface area contributed by atoms with E-state index in [1.165, 1.54) is 31.4 Å². The van der Waals surface area contributed by atoms with Crippen LogP contribution in [0.3, 0.4) is 0 Å². The number of hydrogen-bond donors (Lipinski definition) is 1. The first-order valence-corrected chi connectivity index (χ1v) is 6.81. The van der Waals surface area contributed by atoms with E-state index in [-0.39, 0.29) is 6.04 Å². The van der Waals surface area contributed by atoms with Crippen LogP contribution in [0.2, 0.25) is 0 Å². The first kappa shape index (κ1) is 13.5. The second-order valence-electron chi connectivity index (χ2n) is 5.34. The molecule has 3 heteroatoms. The van der Waals surface area contributed by atoms with Gasteiger partial charge in [-0.25, -0.2) is 8.78 Å². The predicted octanol–water partition coefficient (Wildman–Crippen LogP) is 4.19. The highest BCUT2D eigenvalue weighted by molar-refractivity contribution is 5.21. The number of hydrogen-bond acceptors (Lipinski definition) is 1. The third-order valence-corrected chi connectivity index (χ3v) is 3.72. The summed E-state index contributed by atoms with van der Waals surface area (Å²) < 4.78 is 26.5. The van der Waals surface area contributed by atoms with Crippen molar-refractivity contribution in [2.75, 3.05) is 0 Å². The van der Waals surface area contributed by atoms with E-state index in [1.807, 2.05) is 6.92 Å². The van der Waals surface area contributed by atoms with Gasteiger partial charge in [0.05, 0.1) is 0 Å². The minimum absolute atomic E-state index is 0.0747. The van der Waals surface area contributed by atoms with E-state index in [0.29, 0.717) is 11.6 Å². The molecule has 1 aromatic carbocycles. The summed E-state index contributed by atoms with van der Waals surface area (Å²) in [4.78, 5) is 0. The van der Waals surface area contributed by atoms with Gasteiger partial charge in [-0.2, -0.15) is 0 Å². The monoisotopic (exact) mass is 253 g/mol. The zero-order valence-electron chi connectivity index (χ0n) is 11.0. The average Bonchev–Trinajstić information content (AvgIpc) is 3.11. The quantitative estimate of drug-likeness (QED) is 0.801. The fourth-order valence-electron chi connectivity index (χ4n) is 2.40. The molecule has 1 saturated carbocycles. The number of nitrogens with one attached hydrogen (secondary N) is 1. The van der Waals surface area contributed by atoms with Crippen molar-refractivity contribution in [1.82, 2.24) is 5.32 Å². The van der Waals surface area contributed by atoms with E-state index in [1.54, 1.807) is 0 Å². The van der Waals surface area contributed by atoms with Crippen LogP contribution in [0.1, 0.15) is 51.1 Å². The minimum Gasteiger partial charge on any atom is -0.307 e. The summed E-state index contributed by atoms with van der Waals surface area (Å²) in [6.45, 7) is 4.08. The summed E-state index contributed by atoms with van der Waals surface area (Å²) in [5.41, 5.74) is 0.547. The number of benzene rings is 1. The third kappa shape index (κ3) is 3.52. The van der Waals surface area contributed by atoms with E-state index in [9.17, 15) is 8.78 Å². The van der Waals surface area contributed by atoms with Crippen LogP contribution in [-0.4, -0.2) is 6.04 Å². The van der Waals surface area contributed by atoms with Crippen LogP contribution in [-0.2, 0) is 0 Å². The first-order chi connectivity index (χ1) is 8.60. The van der Waals surface area contributed by atoms with Gasteiger partial charge in [0, 0.05) is 23.7 Å². The van der Waals surface area contributed by atoms with E-state index in [2.05, 4.69) is 12.2 Å². The molecule has 2 unspecified atom stereocenters. The average molecular weight is 253 g/mol. The van der Waals surface area contributed by atoms with Crippen molar-refractivity contribution in [1.29, 1.82) is 0 Å². The molecule has 0 aromatic heterocycles. The van der Waals surface area contributed by atoms with Crippen molar-refractivity contribution >= 4 is 0 Å². The van der Waals surface area contributed by atoms with Crippen LogP contribution in [0.4, 0.5) is 8.78 Å². The lowest BCUT2D eigenvalue weighted by Crippen LogP contribution is -2.31. The molecule has 1 nitrogen and oxygen atoms in total. The van der Waals surface area contributed by atoms with Crippen molar-refractivity contribution < 1.29 is 8.78 Å². The maximum absolute atomic E-state index is 13.7. The smallest absolute Gasteiger partial charge is 0.130 e. The van der Waals surface area contributed by atoms with Gasteiger partial charge in [-0.05, 0) is 31.7 Å². The zero-order chi connectivity index (χ0) is 13.1. The van der Waals surface area contributed by atoms with Crippen molar-refractivity contribution in [2.24, 2.45) is 5.92 Å². The Kier molecular flexibility index (Phi) is 4.33. The predicted molar refractivity (Wildman–Crippen MR) is 69.3 cm³/mol. The molecular formula is C15H21F2N. The Morgan fingerprint density at radius 2 is 2.06 bits per heavy atom. The standard InChI is InChI=1S/C15H21F2N/c1-3-13(8-11-4-5-11)18-10(2)14-7-6-12(16)9-15(14)17/h6-7,9-11,13,18H,3-5,8H2,1-2H3. The molecule has 2 rings (SSSR count). The molecule has 1 fully saturated rings. The maximum atomic E-state index is 13.7. The molecule has 100 valence electrons. The fraction of sp³-hybridized carbons (Fsp3) is 0.600. The molecule has 0 radical (unpaired) electrons. The van der Waals surface area contributed by atoms with Gasteiger partial charge in [-0.15, -0.1) is 0 Å². The molecule has 1 aliphatic rings. The zero-order valence-corrected chi connectivity index (χ0v) is 11.0. The largest absolute Gasteiger partial charge is 0.307 e. The molecule has 18 heavy (non-hydrogen) atoms. The molecular weight excluding hydrogens is 232 g/mol. The topological polar surface area (TPSA) is 12.0 Å².